The van der Waals surface area contributed by atoms with Gasteiger partial charge in [-0.2, -0.15) is 0 Å². The molecule has 2 heteroatoms. The molecule has 2 nitrogen and oxygen atoms in total. The van der Waals surface area contributed by atoms with Gasteiger partial charge in [0.2, 0.25) is 0 Å². The summed E-state index contributed by atoms with van der Waals surface area (Å²) in [5.41, 5.74) is 0.00199. The maximum Gasteiger partial charge on any atom is 0.0602 e. The predicted molar refractivity (Wildman–Crippen MR) is 51.3 cm³/mol. The second-order valence-electron chi connectivity index (χ2n) is 4.69. The summed E-state index contributed by atoms with van der Waals surface area (Å²) < 4.78 is 5.88. The molecule has 0 aromatic heterocycles. The average Bonchev–Trinajstić information content (AvgIpc) is 2.32. The summed E-state index contributed by atoms with van der Waals surface area (Å²) in [6, 6.07) is 0. The van der Waals surface area contributed by atoms with E-state index in [4.69, 9.17) is 4.74 Å². The molecular weight excluding hydrogens is 150 g/mol. The molecule has 1 aliphatic rings. The Morgan fingerprint density at radius 1 is 1.42 bits per heavy atom. The molecule has 0 saturated carbocycles. The van der Waals surface area contributed by atoms with E-state index in [2.05, 4.69) is 33.0 Å². The van der Waals surface area contributed by atoms with Gasteiger partial charge in [0.05, 0.1) is 11.7 Å². The Morgan fingerprint density at radius 3 is 2.50 bits per heavy atom. The first kappa shape index (κ1) is 10.0. The van der Waals surface area contributed by atoms with Gasteiger partial charge in [0.1, 0.15) is 0 Å². The van der Waals surface area contributed by atoms with E-state index in [1.54, 1.807) is 0 Å². The lowest BCUT2D eigenvalue weighted by Gasteiger charge is -2.28. The second kappa shape index (κ2) is 3.75. The minimum absolute atomic E-state index is 0.00199. The van der Waals surface area contributed by atoms with Gasteiger partial charge >= 0.3 is 0 Å². The molecule has 1 saturated heterocycles. The standard InChI is InChI=1S/C10H21NO/c1-8(12-10(2,3)4)9-5-6-11-7-9/h8-9,11H,5-7H2,1-4H3/t8-,9-/m1/s1. The molecule has 0 aromatic carbocycles. The highest BCUT2D eigenvalue weighted by Crippen LogP contribution is 2.20. The molecule has 1 N–H and O–H groups in total. The van der Waals surface area contributed by atoms with Crippen LogP contribution in [0.5, 0.6) is 0 Å². The molecule has 1 rings (SSSR count). The van der Waals surface area contributed by atoms with Gasteiger partial charge < -0.3 is 10.1 Å². The minimum Gasteiger partial charge on any atom is -0.373 e. The number of rotatable bonds is 2. The minimum atomic E-state index is 0.00199. The smallest absolute Gasteiger partial charge is 0.0602 e. The summed E-state index contributed by atoms with van der Waals surface area (Å²) in [5, 5.41) is 3.36. The summed E-state index contributed by atoms with van der Waals surface area (Å²) in [6.45, 7) is 10.8. The Bertz CT molecular complexity index is 133. The van der Waals surface area contributed by atoms with Gasteiger partial charge in [-0.3, -0.25) is 0 Å². The van der Waals surface area contributed by atoms with Gasteiger partial charge in [0, 0.05) is 6.54 Å². The van der Waals surface area contributed by atoms with Crippen molar-refractivity contribution < 1.29 is 4.74 Å². The molecule has 72 valence electrons. The summed E-state index contributed by atoms with van der Waals surface area (Å²) >= 11 is 0. The summed E-state index contributed by atoms with van der Waals surface area (Å²) in [4.78, 5) is 0. The van der Waals surface area contributed by atoms with Gasteiger partial charge in [-0.25, -0.2) is 0 Å². The third-order valence-corrected chi connectivity index (χ3v) is 2.30. The first-order valence-corrected chi connectivity index (χ1v) is 4.87. The van der Waals surface area contributed by atoms with Crippen molar-refractivity contribution in [2.24, 2.45) is 5.92 Å². The summed E-state index contributed by atoms with van der Waals surface area (Å²) in [5.74, 6) is 0.712. The van der Waals surface area contributed by atoms with Crippen LogP contribution in [0.15, 0.2) is 0 Å². The zero-order valence-corrected chi connectivity index (χ0v) is 8.68. The van der Waals surface area contributed by atoms with E-state index in [9.17, 15) is 0 Å². The third-order valence-electron chi connectivity index (χ3n) is 2.30. The molecule has 0 unspecified atom stereocenters. The van der Waals surface area contributed by atoms with Crippen LogP contribution in [0.25, 0.3) is 0 Å². The zero-order chi connectivity index (χ0) is 9.19. The van der Waals surface area contributed by atoms with Gasteiger partial charge in [-0.1, -0.05) is 0 Å². The lowest BCUT2D eigenvalue weighted by atomic mass is 10.0. The Kier molecular flexibility index (Phi) is 3.13. The molecule has 1 fully saturated rings. The van der Waals surface area contributed by atoms with Crippen LogP contribution in [0.2, 0.25) is 0 Å². The zero-order valence-electron chi connectivity index (χ0n) is 8.68. The summed E-state index contributed by atoms with van der Waals surface area (Å²) in [6.07, 6.45) is 1.65. The van der Waals surface area contributed by atoms with Crippen molar-refractivity contribution in [1.82, 2.24) is 5.32 Å². The van der Waals surface area contributed by atoms with Crippen LogP contribution < -0.4 is 5.32 Å². The second-order valence-corrected chi connectivity index (χ2v) is 4.69. The van der Waals surface area contributed by atoms with E-state index in [1.807, 2.05) is 0 Å². The fourth-order valence-corrected chi connectivity index (χ4v) is 1.73. The topological polar surface area (TPSA) is 21.3 Å². The molecule has 12 heavy (non-hydrogen) atoms. The maximum absolute atomic E-state index is 5.88. The Hall–Kier alpha value is -0.0800. The Labute approximate surface area is 75.7 Å². The molecule has 1 aliphatic heterocycles. The largest absolute Gasteiger partial charge is 0.373 e. The van der Waals surface area contributed by atoms with Crippen LogP contribution in [0.4, 0.5) is 0 Å². The van der Waals surface area contributed by atoms with E-state index in [0.29, 0.717) is 12.0 Å². The van der Waals surface area contributed by atoms with E-state index in [0.717, 1.165) is 13.1 Å². The lowest BCUT2D eigenvalue weighted by molar-refractivity contribution is -0.0725. The number of hydrogen-bond donors (Lipinski definition) is 1. The van der Waals surface area contributed by atoms with E-state index < -0.39 is 0 Å². The molecule has 0 spiro atoms. The fraction of sp³-hybridized carbons (Fsp3) is 1.00. The number of hydrogen-bond acceptors (Lipinski definition) is 2. The van der Waals surface area contributed by atoms with Crippen LogP contribution >= 0.6 is 0 Å². The summed E-state index contributed by atoms with van der Waals surface area (Å²) in [7, 11) is 0. The molecule has 0 amide bonds. The number of nitrogens with one attached hydrogen (secondary N) is 1. The lowest BCUT2D eigenvalue weighted by Crippen LogP contribution is -2.31. The highest BCUT2D eigenvalue weighted by molar-refractivity contribution is 4.78. The van der Waals surface area contributed by atoms with Crippen LogP contribution in [0, 0.1) is 5.92 Å². The predicted octanol–water partition coefficient (Wildman–Crippen LogP) is 1.80. The van der Waals surface area contributed by atoms with Crippen molar-refractivity contribution in [3.05, 3.63) is 0 Å². The van der Waals surface area contributed by atoms with E-state index >= 15 is 0 Å². The molecule has 0 aliphatic carbocycles. The highest BCUT2D eigenvalue weighted by atomic mass is 16.5. The molecular formula is C10H21NO. The van der Waals surface area contributed by atoms with Crippen LogP contribution in [-0.2, 0) is 4.74 Å². The van der Waals surface area contributed by atoms with Crippen LogP contribution in [0.3, 0.4) is 0 Å². The third kappa shape index (κ3) is 3.11. The molecule has 1 heterocycles. The molecule has 0 bridgehead atoms. The SMILES string of the molecule is C[C@@H](OC(C)(C)C)[C@@H]1CCNC1. The molecule has 2 atom stereocenters. The van der Waals surface area contributed by atoms with Crippen molar-refractivity contribution >= 4 is 0 Å². The Morgan fingerprint density at radius 2 is 2.08 bits per heavy atom. The van der Waals surface area contributed by atoms with Crippen molar-refractivity contribution in [3.63, 3.8) is 0 Å². The Balaban J connectivity index is 2.31. The quantitative estimate of drug-likeness (QED) is 0.684. The van der Waals surface area contributed by atoms with Crippen LogP contribution in [-0.4, -0.2) is 24.8 Å². The molecule has 0 radical (unpaired) electrons. The van der Waals surface area contributed by atoms with Gasteiger partial charge in [-0.05, 0) is 46.6 Å². The highest BCUT2D eigenvalue weighted by Gasteiger charge is 2.25. The van der Waals surface area contributed by atoms with Crippen LogP contribution in [0.1, 0.15) is 34.1 Å². The van der Waals surface area contributed by atoms with Gasteiger partial charge in [0.25, 0.3) is 0 Å². The van der Waals surface area contributed by atoms with E-state index in [1.165, 1.54) is 6.42 Å². The fourth-order valence-electron chi connectivity index (χ4n) is 1.73. The van der Waals surface area contributed by atoms with Crippen molar-refractivity contribution in [1.29, 1.82) is 0 Å². The van der Waals surface area contributed by atoms with Crippen molar-refractivity contribution in [2.45, 2.75) is 45.8 Å². The maximum atomic E-state index is 5.88. The molecule has 0 aromatic rings. The first-order valence-electron chi connectivity index (χ1n) is 4.87. The van der Waals surface area contributed by atoms with Crippen molar-refractivity contribution in [3.8, 4) is 0 Å². The monoisotopic (exact) mass is 171 g/mol. The van der Waals surface area contributed by atoms with E-state index in [-0.39, 0.29) is 5.60 Å². The first-order chi connectivity index (χ1) is 5.49. The average molecular weight is 171 g/mol. The van der Waals surface area contributed by atoms with Gasteiger partial charge in [0.15, 0.2) is 0 Å². The normalized spacial score (nSPS) is 27.5. The van der Waals surface area contributed by atoms with Gasteiger partial charge in [-0.15, -0.1) is 0 Å². The number of ether oxygens (including phenoxy) is 1. The van der Waals surface area contributed by atoms with Crippen molar-refractivity contribution in [2.75, 3.05) is 13.1 Å².